The molecule has 1 aromatic heterocycles. The van der Waals surface area contributed by atoms with Gasteiger partial charge in [-0.2, -0.15) is 13.2 Å². The summed E-state index contributed by atoms with van der Waals surface area (Å²) in [6.07, 6.45) is 0.401. The van der Waals surface area contributed by atoms with E-state index >= 15 is 0 Å². The lowest BCUT2D eigenvalue weighted by atomic mass is 9.82. The molecule has 1 unspecified atom stereocenters. The Morgan fingerprint density at radius 2 is 2.00 bits per heavy atom. The summed E-state index contributed by atoms with van der Waals surface area (Å²) >= 11 is 0. The zero-order valence-corrected chi connectivity index (χ0v) is 12.3. The minimum Gasteiger partial charge on any atom is -0.468 e. The molecule has 2 saturated carbocycles. The molecule has 122 valence electrons. The number of halogens is 3. The van der Waals surface area contributed by atoms with Gasteiger partial charge in [-0.3, -0.25) is 4.79 Å². The molecular formula is C15H19F3N2O2. The zero-order valence-electron chi connectivity index (χ0n) is 12.3. The van der Waals surface area contributed by atoms with Crippen LogP contribution in [0.15, 0.2) is 10.7 Å². The van der Waals surface area contributed by atoms with Crippen LogP contribution in [0.4, 0.5) is 13.2 Å². The fourth-order valence-corrected chi connectivity index (χ4v) is 3.49. The normalized spacial score (nSPS) is 31.3. The van der Waals surface area contributed by atoms with E-state index < -0.39 is 23.2 Å². The van der Waals surface area contributed by atoms with Gasteiger partial charge in [-0.15, -0.1) is 0 Å². The highest BCUT2D eigenvalue weighted by Gasteiger charge is 2.53. The van der Waals surface area contributed by atoms with E-state index in [9.17, 15) is 18.0 Å². The monoisotopic (exact) mass is 316 g/mol. The Morgan fingerprint density at radius 1 is 1.41 bits per heavy atom. The number of hydrogen-bond acceptors (Lipinski definition) is 3. The van der Waals surface area contributed by atoms with Crippen LogP contribution >= 0.6 is 0 Å². The highest BCUT2D eigenvalue weighted by atomic mass is 19.4. The second-order valence-electron chi connectivity index (χ2n) is 6.50. The summed E-state index contributed by atoms with van der Waals surface area (Å²) in [5, 5.41) is 2.72. The minimum atomic E-state index is -4.60. The number of carbonyl (C=O) groups excluding carboxylic acids is 1. The molecule has 0 aliphatic heterocycles. The third kappa shape index (κ3) is 2.62. The van der Waals surface area contributed by atoms with Crippen molar-refractivity contribution in [3.8, 4) is 0 Å². The molecule has 2 aliphatic rings. The van der Waals surface area contributed by atoms with E-state index in [1.807, 2.05) is 0 Å². The number of nitrogens with one attached hydrogen (secondary N) is 1. The summed E-state index contributed by atoms with van der Waals surface area (Å²) in [6, 6.07) is 0.151. The fraction of sp³-hybridized carbons (Fsp3) is 0.667. The van der Waals surface area contributed by atoms with Gasteiger partial charge in [-0.05, 0) is 44.4 Å². The van der Waals surface area contributed by atoms with Crippen LogP contribution in [0.5, 0.6) is 0 Å². The van der Waals surface area contributed by atoms with Crippen LogP contribution in [0.3, 0.4) is 0 Å². The van der Waals surface area contributed by atoms with Gasteiger partial charge in [0.1, 0.15) is 17.6 Å². The Kier molecular flexibility index (Phi) is 3.51. The molecule has 1 aromatic rings. The highest BCUT2D eigenvalue weighted by Crippen LogP contribution is 2.55. The molecule has 1 amide bonds. The van der Waals surface area contributed by atoms with Crippen LogP contribution in [0.2, 0.25) is 0 Å². The van der Waals surface area contributed by atoms with Crippen molar-refractivity contribution in [2.24, 2.45) is 11.1 Å². The Morgan fingerprint density at radius 3 is 2.50 bits per heavy atom. The second-order valence-corrected chi connectivity index (χ2v) is 6.50. The average Bonchev–Trinajstić information content (AvgIpc) is 2.85. The number of nitrogens with two attached hydrogens (primary N) is 1. The van der Waals surface area contributed by atoms with Crippen LogP contribution in [0.25, 0.3) is 0 Å². The van der Waals surface area contributed by atoms with E-state index in [4.69, 9.17) is 10.2 Å². The molecule has 2 fully saturated rings. The van der Waals surface area contributed by atoms with Gasteiger partial charge in [0.25, 0.3) is 5.91 Å². The standard InChI is InChI=1S/C15H19F3N2O2/c1-8-12(10(7-22-8)15(16,17)18)13(21)20-9-2-4-14(5-3-9)6-11(14)19/h7,9,11H,2-6,19H2,1H3,(H,20,21). The Balaban J connectivity index is 1.67. The highest BCUT2D eigenvalue weighted by molar-refractivity contribution is 5.97. The summed E-state index contributed by atoms with van der Waals surface area (Å²) in [5.41, 5.74) is 4.72. The maximum atomic E-state index is 12.9. The van der Waals surface area contributed by atoms with Crippen LogP contribution in [0, 0.1) is 12.3 Å². The molecule has 3 N–H and O–H groups in total. The maximum absolute atomic E-state index is 12.9. The molecule has 1 atom stereocenters. The van der Waals surface area contributed by atoms with E-state index in [-0.39, 0.29) is 23.3 Å². The molecular weight excluding hydrogens is 297 g/mol. The van der Waals surface area contributed by atoms with Crippen molar-refractivity contribution < 1.29 is 22.4 Å². The number of furan rings is 1. The molecule has 7 heteroatoms. The number of hydrogen-bond donors (Lipinski definition) is 2. The Labute approximate surface area is 126 Å². The van der Waals surface area contributed by atoms with E-state index in [0.29, 0.717) is 6.26 Å². The van der Waals surface area contributed by atoms with E-state index in [0.717, 1.165) is 32.1 Å². The van der Waals surface area contributed by atoms with Crippen molar-refractivity contribution in [1.82, 2.24) is 5.32 Å². The first-order valence-electron chi connectivity index (χ1n) is 7.45. The Bertz CT molecular complexity index is 586. The summed E-state index contributed by atoms with van der Waals surface area (Å²) in [6.45, 7) is 1.36. The molecule has 0 aromatic carbocycles. The van der Waals surface area contributed by atoms with Crippen molar-refractivity contribution in [2.45, 2.75) is 57.3 Å². The van der Waals surface area contributed by atoms with Crippen molar-refractivity contribution in [3.63, 3.8) is 0 Å². The van der Waals surface area contributed by atoms with Gasteiger partial charge in [0, 0.05) is 12.1 Å². The van der Waals surface area contributed by atoms with Crippen molar-refractivity contribution in [1.29, 1.82) is 0 Å². The molecule has 0 bridgehead atoms. The van der Waals surface area contributed by atoms with Crippen molar-refractivity contribution in [3.05, 3.63) is 23.2 Å². The van der Waals surface area contributed by atoms with Crippen molar-refractivity contribution >= 4 is 5.91 Å². The van der Waals surface area contributed by atoms with Crippen LogP contribution in [0.1, 0.15) is 53.8 Å². The lowest BCUT2D eigenvalue weighted by Crippen LogP contribution is -2.39. The van der Waals surface area contributed by atoms with Gasteiger partial charge < -0.3 is 15.5 Å². The first kappa shape index (κ1) is 15.4. The maximum Gasteiger partial charge on any atom is 0.420 e. The molecule has 0 saturated heterocycles. The summed E-state index contributed by atoms with van der Waals surface area (Å²) in [7, 11) is 0. The summed E-state index contributed by atoms with van der Waals surface area (Å²) < 4.78 is 43.5. The molecule has 4 nitrogen and oxygen atoms in total. The third-order valence-corrected chi connectivity index (χ3v) is 5.08. The second kappa shape index (κ2) is 5.01. The largest absolute Gasteiger partial charge is 0.468 e. The molecule has 3 rings (SSSR count). The predicted octanol–water partition coefficient (Wildman–Crippen LogP) is 3.00. The first-order chi connectivity index (χ1) is 10.2. The van der Waals surface area contributed by atoms with Crippen LogP contribution in [-0.2, 0) is 6.18 Å². The predicted molar refractivity (Wildman–Crippen MR) is 73.2 cm³/mol. The van der Waals surface area contributed by atoms with E-state index in [2.05, 4.69) is 5.32 Å². The molecule has 2 aliphatic carbocycles. The minimum absolute atomic E-state index is 0.0127. The zero-order chi connectivity index (χ0) is 16.1. The van der Waals surface area contributed by atoms with Gasteiger partial charge in [0.2, 0.25) is 0 Å². The summed E-state index contributed by atoms with van der Waals surface area (Å²) in [4.78, 5) is 12.2. The van der Waals surface area contributed by atoms with Crippen LogP contribution in [-0.4, -0.2) is 18.0 Å². The molecule has 22 heavy (non-hydrogen) atoms. The topological polar surface area (TPSA) is 68.3 Å². The van der Waals surface area contributed by atoms with E-state index in [1.54, 1.807) is 0 Å². The average molecular weight is 316 g/mol. The third-order valence-electron chi connectivity index (χ3n) is 5.08. The Hall–Kier alpha value is -1.50. The van der Waals surface area contributed by atoms with Gasteiger partial charge in [0.05, 0.1) is 5.56 Å². The first-order valence-corrected chi connectivity index (χ1v) is 7.45. The number of carbonyl (C=O) groups is 1. The quantitative estimate of drug-likeness (QED) is 0.881. The number of alkyl halides is 3. The smallest absolute Gasteiger partial charge is 0.420 e. The number of aryl methyl sites for hydroxylation is 1. The fourth-order valence-electron chi connectivity index (χ4n) is 3.49. The summed E-state index contributed by atoms with van der Waals surface area (Å²) in [5.74, 6) is -0.721. The molecule has 1 heterocycles. The SMILES string of the molecule is Cc1occ(C(F)(F)F)c1C(=O)NC1CCC2(CC1)CC2N. The van der Waals surface area contributed by atoms with E-state index in [1.165, 1.54) is 6.92 Å². The van der Waals surface area contributed by atoms with Gasteiger partial charge in [-0.25, -0.2) is 0 Å². The van der Waals surface area contributed by atoms with Crippen molar-refractivity contribution in [2.75, 3.05) is 0 Å². The molecule has 0 radical (unpaired) electrons. The van der Waals surface area contributed by atoms with Gasteiger partial charge in [0.15, 0.2) is 0 Å². The lowest BCUT2D eigenvalue weighted by molar-refractivity contribution is -0.138. The van der Waals surface area contributed by atoms with Gasteiger partial charge >= 0.3 is 6.18 Å². The lowest BCUT2D eigenvalue weighted by Gasteiger charge is -2.29. The molecule has 1 spiro atoms. The number of rotatable bonds is 2. The van der Waals surface area contributed by atoms with Gasteiger partial charge in [-0.1, -0.05) is 0 Å². The van der Waals surface area contributed by atoms with Crippen LogP contribution < -0.4 is 11.1 Å². The number of amides is 1.